The molecule has 138 valence electrons. The van der Waals surface area contributed by atoms with E-state index in [1.54, 1.807) is 0 Å². The summed E-state index contributed by atoms with van der Waals surface area (Å²) < 4.78 is 0. The van der Waals surface area contributed by atoms with E-state index < -0.39 is 0 Å². The molecule has 3 aromatic rings. The molecule has 3 heteroatoms. The summed E-state index contributed by atoms with van der Waals surface area (Å²) in [5, 5.41) is 6.34. The maximum Gasteiger partial charge on any atom is 0.246 e. The third-order valence-electron chi connectivity index (χ3n) is 4.69. The van der Waals surface area contributed by atoms with Crippen LogP contribution in [0.2, 0.25) is 0 Å². The van der Waals surface area contributed by atoms with E-state index in [9.17, 15) is 4.79 Å². The van der Waals surface area contributed by atoms with Crippen molar-refractivity contribution in [1.29, 1.82) is 0 Å². The number of aryl methyl sites for hydroxylation is 3. The first kappa shape index (κ1) is 18.7. The van der Waals surface area contributed by atoms with Gasteiger partial charge in [-0.2, -0.15) is 0 Å². The van der Waals surface area contributed by atoms with Crippen molar-refractivity contribution in [3.8, 4) is 11.1 Å². The molecule has 0 bridgehead atoms. The molecular formula is C24H26N2O. The van der Waals surface area contributed by atoms with E-state index in [1.165, 1.54) is 11.1 Å². The summed E-state index contributed by atoms with van der Waals surface area (Å²) >= 11 is 0. The van der Waals surface area contributed by atoms with Crippen LogP contribution < -0.4 is 10.6 Å². The predicted molar refractivity (Wildman–Crippen MR) is 114 cm³/mol. The van der Waals surface area contributed by atoms with Crippen molar-refractivity contribution in [1.82, 2.24) is 0 Å². The Labute approximate surface area is 161 Å². The molecule has 0 aromatic heterocycles. The molecule has 1 atom stereocenters. The highest BCUT2D eigenvalue weighted by Gasteiger charge is 2.15. The first-order valence-electron chi connectivity index (χ1n) is 9.25. The summed E-state index contributed by atoms with van der Waals surface area (Å²) in [4.78, 5) is 12.6. The second-order valence-electron chi connectivity index (χ2n) is 7.07. The highest BCUT2D eigenvalue weighted by molar-refractivity contribution is 5.97. The van der Waals surface area contributed by atoms with Crippen molar-refractivity contribution in [2.45, 2.75) is 33.7 Å². The van der Waals surface area contributed by atoms with Gasteiger partial charge in [0, 0.05) is 11.4 Å². The van der Waals surface area contributed by atoms with Gasteiger partial charge in [-0.1, -0.05) is 60.2 Å². The third-order valence-corrected chi connectivity index (χ3v) is 4.69. The molecule has 3 rings (SSSR count). The number of carbonyl (C=O) groups is 1. The van der Waals surface area contributed by atoms with Crippen molar-refractivity contribution < 1.29 is 4.79 Å². The molecule has 0 unspecified atom stereocenters. The van der Waals surface area contributed by atoms with Gasteiger partial charge in [-0.15, -0.1) is 0 Å². The minimum atomic E-state index is -0.340. The van der Waals surface area contributed by atoms with Gasteiger partial charge in [0.15, 0.2) is 0 Å². The van der Waals surface area contributed by atoms with Crippen molar-refractivity contribution in [2.24, 2.45) is 0 Å². The highest BCUT2D eigenvalue weighted by Crippen LogP contribution is 2.23. The molecule has 27 heavy (non-hydrogen) atoms. The predicted octanol–water partition coefficient (Wildman–Crippen LogP) is 5.72. The molecule has 0 heterocycles. The molecule has 0 fully saturated rings. The van der Waals surface area contributed by atoms with Crippen molar-refractivity contribution in [3.63, 3.8) is 0 Å². The SMILES string of the molecule is Cc1cc(C)c(NC(=O)[C@@H](C)Nc2ccc(-c3ccccc3)cc2)c(C)c1. The molecule has 0 spiro atoms. The fourth-order valence-corrected chi connectivity index (χ4v) is 3.31. The fourth-order valence-electron chi connectivity index (χ4n) is 3.31. The lowest BCUT2D eigenvalue weighted by atomic mass is 10.0. The molecule has 2 N–H and O–H groups in total. The zero-order valence-corrected chi connectivity index (χ0v) is 16.3. The van der Waals surface area contributed by atoms with Gasteiger partial charge in [0.25, 0.3) is 0 Å². The zero-order valence-electron chi connectivity index (χ0n) is 16.3. The Morgan fingerprint density at radius 2 is 1.37 bits per heavy atom. The number of carbonyl (C=O) groups excluding carboxylic acids is 1. The Bertz CT molecular complexity index is 907. The molecule has 3 aromatic carbocycles. The average molecular weight is 358 g/mol. The van der Waals surface area contributed by atoms with Gasteiger partial charge in [-0.3, -0.25) is 4.79 Å². The number of rotatable bonds is 5. The van der Waals surface area contributed by atoms with Crippen molar-refractivity contribution in [3.05, 3.63) is 83.4 Å². The second-order valence-corrected chi connectivity index (χ2v) is 7.07. The summed E-state index contributed by atoms with van der Waals surface area (Å²) in [7, 11) is 0. The van der Waals surface area contributed by atoms with E-state index in [-0.39, 0.29) is 11.9 Å². The normalized spacial score (nSPS) is 11.7. The summed E-state index contributed by atoms with van der Waals surface area (Å²) in [5.74, 6) is -0.0443. The van der Waals surface area contributed by atoms with E-state index in [0.29, 0.717) is 0 Å². The first-order chi connectivity index (χ1) is 12.9. The van der Waals surface area contributed by atoms with Gasteiger partial charge in [0.05, 0.1) is 0 Å². The van der Waals surface area contributed by atoms with Gasteiger partial charge in [-0.05, 0) is 62.1 Å². The molecule has 0 saturated heterocycles. The lowest BCUT2D eigenvalue weighted by Crippen LogP contribution is -2.32. The molecular weight excluding hydrogens is 332 g/mol. The second kappa shape index (κ2) is 8.09. The molecule has 0 aliphatic heterocycles. The molecule has 0 aliphatic carbocycles. The summed E-state index contributed by atoms with van der Waals surface area (Å²) in [5.41, 5.74) is 7.53. The third kappa shape index (κ3) is 4.56. The van der Waals surface area contributed by atoms with Gasteiger partial charge < -0.3 is 10.6 Å². The topological polar surface area (TPSA) is 41.1 Å². The van der Waals surface area contributed by atoms with E-state index in [4.69, 9.17) is 0 Å². The Hall–Kier alpha value is -3.07. The summed E-state index contributed by atoms with van der Waals surface area (Å²) in [6, 6.07) is 22.2. The lowest BCUT2D eigenvalue weighted by Gasteiger charge is -2.18. The number of amides is 1. The molecule has 1 amide bonds. The minimum absolute atomic E-state index is 0.0443. The van der Waals surface area contributed by atoms with Crippen LogP contribution in [0.5, 0.6) is 0 Å². The Kier molecular flexibility index (Phi) is 5.60. The van der Waals surface area contributed by atoms with Crippen LogP contribution >= 0.6 is 0 Å². The molecule has 3 nitrogen and oxygen atoms in total. The smallest absolute Gasteiger partial charge is 0.246 e. The number of nitrogens with one attached hydrogen (secondary N) is 2. The standard InChI is InChI=1S/C24H26N2O/c1-16-14-17(2)23(18(3)15-16)26-24(27)19(4)25-22-12-10-21(11-13-22)20-8-6-5-7-9-20/h5-15,19,25H,1-4H3,(H,26,27)/t19-/m1/s1. The number of hydrogen-bond acceptors (Lipinski definition) is 2. The van der Waals surface area contributed by atoms with Gasteiger partial charge in [0.2, 0.25) is 5.91 Å². The first-order valence-corrected chi connectivity index (χ1v) is 9.25. The number of anilines is 2. The summed E-state index contributed by atoms with van der Waals surface area (Å²) in [6.07, 6.45) is 0. The van der Waals surface area contributed by atoms with Gasteiger partial charge >= 0.3 is 0 Å². The minimum Gasteiger partial charge on any atom is -0.374 e. The van der Waals surface area contributed by atoms with Crippen LogP contribution in [0.1, 0.15) is 23.6 Å². The zero-order chi connectivity index (χ0) is 19.4. The van der Waals surface area contributed by atoms with E-state index in [2.05, 4.69) is 54.0 Å². The van der Waals surface area contributed by atoms with E-state index in [0.717, 1.165) is 28.1 Å². The van der Waals surface area contributed by atoms with E-state index in [1.807, 2.05) is 51.1 Å². The molecule has 0 aliphatic rings. The Morgan fingerprint density at radius 1 is 0.815 bits per heavy atom. The maximum atomic E-state index is 12.6. The Balaban J connectivity index is 1.66. The number of benzene rings is 3. The van der Waals surface area contributed by atoms with Gasteiger partial charge in [0.1, 0.15) is 6.04 Å². The molecule has 0 saturated carbocycles. The highest BCUT2D eigenvalue weighted by atomic mass is 16.2. The monoisotopic (exact) mass is 358 g/mol. The van der Waals surface area contributed by atoms with Crippen LogP contribution in [0.25, 0.3) is 11.1 Å². The van der Waals surface area contributed by atoms with E-state index >= 15 is 0 Å². The average Bonchev–Trinajstić information content (AvgIpc) is 2.65. The van der Waals surface area contributed by atoms with Crippen LogP contribution in [0.4, 0.5) is 11.4 Å². The lowest BCUT2D eigenvalue weighted by molar-refractivity contribution is -0.116. The van der Waals surface area contributed by atoms with Crippen LogP contribution in [0, 0.1) is 20.8 Å². The number of hydrogen-bond donors (Lipinski definition) is 2. The quantitative estimate of drug-likeness (QED) is 0.612. The molecule has 0 radical (unpaired) electrons. The van der Waals surface area contributed by atoms with Crippen molar-refractivity contribution >= 4 is 17.3 Å². The van der Waals surface area contributed by atoms with Gasteiger partial charge in [-0.25, -0.2) is 0 Å². The maximum absolute atomic E-state index is 12.6. The van der Waals surface area contributed by atoms with Crippen molar-refractivity contribution in [2.75, 3.05) is 10.6 Å². The fraction of sp³-hybridized carbons (Fsp3) is 0.208. The Morgan fingerprint density at radius 3 is 1.96 bits per heavy atom. The summed E-state index contributed by atoms with van der Waals surface area (Å²) in [6.45, 7) is 7.99. The van der Waals surface area contributed by atoms with Crippen LogP contribution in [0.15, 0.2) is 66.7 Å². The van der Waals surface area contributed by atoms with Crippen LogP contribution in [-0.2, 0) is 4.79 Å². The van der Waals surface area contributed by atoms with Crippen LogP contribution in [0.3, 0.4) is 0 Å². The van der Waals surface area contributed by atoms with Crippen LogP contribution in [-0.4, -0.2) is 11.9 Å². The largest absolute Gasteiger partial charge is 0.374 e.